The van der Waals surface area contributed by atoms with Crippen molar-refractivity contribution in [1.82, 2.24) is 10.3 Å². The summed E-state index contributed by atoms with van der Waals surface area (Å²) in [6, 6.07) is 2.60. The molecule has 0 saturated carbocycles. The van der Waals surface area contributed by atoms with Crippen molar-refractivity contribution in [1.29, 1.82) is 0 Å². The molecule has 1 aliphatic rings. The Kier molecular flexibility index (Phi) is 3.03. The minimum atomic E-state index is 0.515. The molecule has 0 radical (unpaired) electrons. The largest absolute Gasteiger partial charge is 0.365 e. The molecule has 1 saturated heterocycles. The van der Waals surface area contributed by atoms with Gasteiger partial charge in [0, 0.05) is 18.8 Å². The van der Waals surface area contributed by atoms with Crippen molar-refractivity contribution in [2.45, 2.75) is 19.4 Å². The van der Waals surface area contributed by atoms with Gasteiger partial charge in [-0.15, -0.1) is 0 Å². The molecule has 3 nitrogen and oxygen atoms in total. The van der Waals surface area contributed by atoms with Gasteiger partial charge >= 0.3 is 0 Å². The quantitative estimate of drug-likeness (QED) is 0.848. The lowest BCUT2D eigenvalue weighted by Gasteiger charge is -2.13. The third-order valence-electron chi connectivity index (χ3n) is 2.38. The van der Waals surface area contributed by atoms with Gasteiger partial charge in [-0.25, -0.2) is 4.98 Å². The molecule has 1 aliphatic heterocycles. The van der Waals surface area contributed by atoms with Gasteiger partial charge in [-0.3, -0.25) is 0 Å². The normalized spacial score (nSPS) is 21.1. The van der Waals surface area contributed by atoms with Gasteiger partial charge in [0.1, 0.15) is 5.82 Å². The number of pyridine rings is 1. The van der Waals surface area contributed by atoms with Crippen molar-refractivity contribution in [2.24, 2.45) is 0 Å². The van der Waals surface area contributed by atoms with E-state index in [9.17, 15) is 0 Å². The number of hydrogen-bond donors (Lipinski definition) is 2. The standard InChI is InChI=1S/C10H14BrN3/c1-7-4-9(11)10(13-5-7)14-8-2-3-12-6-8/h4-5,8,12H,2-3,6H2,1H3,(H,13,14). The highest BCUT2D eigenvalue weighted by Crippen LogP contribution is 2.21. The number of anilines is 1. The van der Waals surface area contributed by atoms with Crippen LogP contribution in [0, 0.1) is 6.92 Å². The maximum Gasteiger partial charge on any atom is 0.140 e. The zero-order valence-corrected chi connectivity index (χ0v) is 9.76. The van der Waals surface area contributed by atoms with Gasteiger partial charge < -0.3 is 10.6 Å². The predicted molar refractivity (Wildman–Crippen MR) is 61.6 cm³/mol. The maximum atomic E-state index is 4.36. The van der Waals surface area contributed by atoms with Crippen LogP contribution < -0.4 is 10.6 Å². The fourth-order valence-electron chi connectivity index (χ4n) is 1.61. The van der Waals surface area contributed by atoms with Crippen molar-refractivity contribution in [3.8, 4) is 0 Å². The molecular weight excluding hydrogens is 242 g/mol. The lowest BCUT2D eigenvalue weighted by Crippen LogP contribution is -2.22. The molecule has 0 aliphatic carbocycles. The Labute approximate surface area is 92.4 Å². The Hall–Kier alpha value is -0.610. The summed E-state index contributed by atoms with van der Waals surface area (Å²) >= 11 is 3.51. The molecule has 1 unspecified atom stereocenters. The molecule has 0 aromatic carbocycles. The van der Waals surface area contributed by atoms with Crippen molar-refractivity contribution in [2.75, 3.05) is 18.4 Å². The lowest BCUT2D eigenvalue weighted by molar-refractivity contribution is 0.787. The second kappa shape index (κ2) is 4.28. The Morgan fingerprint density at radius 2 is 2.50 bits per heavy atom. The Morgan fingerprint density at radius 1 is 1.64 bits per heavy atom. The molecule has 2 heterocycles. The van der Waals surface area contributed by atoms with Crippen LogP contribution in [0.25, 0.3) is 0 Å². The first-order valence-corrected chi connectivity index (χ1v) is 5.64. The van der Waals surface area contributed by atoms with Crippen molar-refractivity contribution in [3.05, 3.63) is 22.3 Å². The van der Waals surface area contributed by atoms with Crippen molar-refractivity contribution in [3.63, 3.8) is 0 Å². The third kappa shape index (κ3) is 2.25. The molecule has 1 aromatic rings. The summed E-state index contributed by atoms with van der Waals surface area (Å²) in [5.74, 6) is 0.948. The van der Waals surface area contributed by atoms with E-state index in [1.165, 1.54) is 12.0 Å². The molecule has 0 spiro atoms. The molecule has 76 valence electrons. The number of aryl methyl sites for hydroxylation is 1. The number of nitrogens with one attached hydrogen (secondary N) is 2. The third-order valence-corrected chi connectivity index (χ3v) is 2.98. The number of hydrogen-bond acceptors (Lipinski definition) is 3. The number of nitrogens with zero attached hydrogens (tertiary/aromatic N) is 1. The molecule has 1 atom stereocenters. The SMILES string of the molecule is Cc1cnc(NC2CCNC2)c(Br)c1. The van der Waals surface area contributed by atoms with E-state index in [-0.39, 0.29) is 0 Å². The van der Waals surface area contributed by atoms with Gasteiger partial charge in [0.2, 0.25) is 0 Å². The average molecular weight is 256 g/mol. The molecule has 0 bridgehead atoms. The van der Waals surface area contributed by atoms with Crippen LogP contribution in [0.2, 0.25) is 0 Å². The summed E-state index contributed by atoms with van der Waals surface area (Å²) in [6.45, 7) is 4.17. The van der Waals surface area contributed by atoms with E-state index in [4.69, 9.17) is 0 Å². The van der Waals surface area contributed by atoms with Crippen LogP contribution in [-0.4, -0.2) is 24.1 Å². The van der Waals surface area contributed by atoms with Crippen LogP contribution in [0.3, 0.4) is 0 Å². The molecule has 14 heavy (non-hydrogen) atoms. The van der Waals surface area contributed by atoms with Gasteiger partial charge in [-0.1, -0.05) is 0 Å². The second-order valence-electron chi connectivity index (χ2n) is 3.68. The van der Waals surface area contributed by atoms with Gasteiger partial charge in [0.15, 0.2) is 0 Å². The molecule has 1 aromatic heterocycles. The minimum Gasteiger partial charge on any atom is -0.365 e. The van der Waals surface area contributed by atoms with Crippen LogP contribution in [0.1, 0.15) is 12.0 Å². The second-order valence-corrected chi connectivity index (χ2v) is 4.53. The minimum absolute atomic E-state index is 0.515. The predicted octanol–water partition coefficient (Wildman–Crippen LogP) is 1.93. The lowest BCUT2D eigenvalue weighted by atomic mass is 10.2. The smallest absolute Gasteiger partial charge is 0.140 e. The number of rotatable bonds is 2. The Balaban J connectivity index is 2.08. The van der Waals surface area contributed by atoms with Crippen LogP contribution >= 0.6 is 15.9 Å². The number of halogens is 1. The molecular formula is C10H14BrN3. The number of aromatic nitrogens is 1. The highest BCUT2D eigenvalue weighted by atomic mass is 79.9. The highest BCUT2D eigenvalue weighted by Gasteiger charge is 2.15. The van der Waals surface area contributed by atoms with E-state index in [1.807, 2.05) is 13.1 Å². The van der Waals surface area contributed by atoms with E-state index in [0.717, 1.165) is 23.4 Å². The summed E-state index contributed by atoms with van der Waals surface area (Å²) < 4.78 is 1.05. The molecule has 0 amide bonds. The van der Waals surface area contributed by atoms with E-state index in [0.29, 0.717) is 6.04 Å². The monoisotopic (exact) mass is 255 g/mol. The summed E-state index contributed by atoms with van der Waals surface area (Å²) in [7, 11) is 0. The first kappa shape index (κ1) is 9.93. The fourth-order valence-corrected chi connectivity index (χ4v) is 2.19. The Bertz CT molecular complexity index is 321. The van der Waals surface area contributed by atoms with Gasteiger partial charge in [0.25, 0.3) is 0 Å². The maximum absolute atomic E-state index is 4.36. The Morgan fingerprint density at radius 3 is 3.14 bits per heavy atom. The first-order valence-electron chi connectivity index (χ1n) is 4.85. The zero-order valence-electron chi connectivity index (χ0n) is 8.18. The van der Waals surface area contributed by atoms with E-state index in [1.54, 1.807) is 0 Å². The zero-order chi connectivity index (χ0) is 9.97. The van der Waals surface area contributed by atoms with Gasteiger partial charge in [-0.05, 0) is 47.4 Å². The average Bonchev–Trinajstić information content (AvgIpc) is 2.62. The van der Waals surface area contributed by atoms with Crippen molar-refractivity contribution >= 4 is 21.7 Å². The van der Waals surface area contributed by atoms with Gasteiger partial charge in [-0.2, -0.15) is 0 Å². The molecule has 2 N–H and O–H groups in total. The highest BCUT2D eigenvalue weighted by molar-refractivity contribution is 9.10. The summed E-state index contributed by atoms with van der Waals surface area (Å²) in [6.07, 6.45) is 3.05. The summed E-state index contributed by atoms with van der Waals surface area (Å²) in [4.78, 5) is 4.36. The van der Waals surface area contributed by atoms with Gasteiger partial charge in [0.05, 0.1) is 4.47 Å². The van der Waals surface area contributed by atoms with E-state index >= 15 is 0 Å². The van der Waals surface area contributed by atoms with Crippen LogP contribution in [0.15, 0.2) is 16.7 Å². The first-order chi connectivity index (χ1) is 6.75. The fraction of sp³-hybridized carbons (Fsp3) is 0.500. The van der Waals surface area contributed by atoms with E-state index < -0.39 is 0 Å². The summed E-state index contributed by atoms with van der Waals surface area (Å²) in [5, 5.41) is 6.73. The van der Waals surface area contributed by atoms with E-state index in [2.05, 4.69) is 37.6 Å². The molecule has 4 heteroatoms. The molecule has 2 rings (SSSR count). The summed E-state index contributed by atoms with van der Waals surface area (Å²) in [5.41, 5.74) is 1.17. The van der Waals surface area contributed by atoms with Crippen molar-refractivity contribution < 1.29 is 0 Å². The van der Waals surface area contributed by atoms with Crippen LogP contribution in [0.5, 0.6) is 0 Å². The molecule has 1 fully saturated rings. The van der Waals surface area contributed by atoms with Crippen LogP contribution in [0.4, 0.5) is 5.82 Å². The topological polar surface area (TPSA) is 37.0 Å². The van der Waals surface area contributed by atoms with Crippen LogP contribution in [-0.2, 0) is 0 Å².